The molecule has 0 amide bonds. The Morgan fingerprint density at radius 1 is 1.44 bits per heavy atom. The quantitative estimate of drug-likeness (QED) is 0.823. The fourth-order valence-electron chi connectivity index (χ4n) is 1.22. The zero-order valence-electron chi connectivity index (χ0n) is 9.21. The number of rotatable bonds is 4. The maximum atomic E-state index is 10.5. The number of carbonyl (C=O) groups is 1. The van der Waals surface area contributed by atoms with E-state index in [2.05, 4.69) is 6.58 Å². The standard InChI is InChI=1S/C12H13ClO3/c1-7-4-10(5-8(2)11(7)13)16-6-9(3)12(14)15/h4-5H,3,6H2,1-2H3,(H,14,15). The second kappa shape index (κ2) is 5.03. The highest BCUT2D eigenvalue weighted by Crippen LogP contribution is 2.25. The molecule has 0 heterocycles. The van der Waals surface area contributed by atoms with Crippen molar-refractivity contribution < 1.29 is 14.6 Å². The molecule has 0 unspecified atom stereocenters. The van der Waals surface area contributed by atoms with E-state index in [-0.39, 0.29) is 12.2 Å². The third kappa shape index (κ3) is 3.00. The summed E-state index contributed by atoms with van der Waals surface area (Å²) in [6.07, 6.45) is 0. The van der Waals surface area contributed by atoms with E-state index in [1.54, 1.807) is 12.1 Å². The Kier molecular flexibility index (Phi) is 3.96. The van der Waals surface area contributed by atoms with E-state index in [0.717, 1.165) is 11.1 Å². The van der Waals surface area contributed by atoms with Crippen molar-refractivity contribution in [2.75, 3.05) is 6.61 Å². The van der Waals surface area contributed by atoms with E-state index in [1.165, 1.54) is 0 Å². The molecule has 0 radical (unpaired) electrons. The summed E-state index contributed by atoms with van der Waals surface area (Å²) in [6.45, 7) is 7.09. The van der Waals surface area contributed by atoms with Gasteiger partial charge in [-0.25, -0.2) is 4.79 Å². The topological polar surface area (TPSA) is 46.5 Å². The largest absolute Gasteiger partial charge is 0.489 e. The number of benzene rings is 1. The number of ether oxygens (including phenoxy) is 1. The minimum absolute atomic E-state index is 0.0188. The Morgan fingerprint density at radius 2 is 1.94 bits per heavy atom. The summed E-state index contributed by atoms with van der Waals surface area (Å²) in [5, 5.41) is 9.31. The molecule has 1 rings (SSSR count). The first-order valence-electron chi connectivity index (χ1n) is 4.72. The summed E-state index contributed by atoms with van der Waals surface area (Å²) in [5.41, 5.74) is 1.82. The van der Waals surface area contributed by atoms with Crippen molar-refractivity contribution in [1.29, 1.82) is 0 Å². The zero-order valence-corrected chi connectivity index (χ0v) is 9.97. The molecule has 1 aromatic carbocycles. The highest BCUT2D eigenvalue weighted by atomic mass is 35.5. The molecule has 0 bridgehead atoms. The Morgan fingerprint density at radius 3 is 2.38 bits per heavy atom. The molecule has 0 aliphatic carbocycles. The second-order valence-electron chi connectivity index (χ2n) is 3.57. The van der Waals surface area contributed by atoms with Crippen molar-refractivity contribution in [1.82, 2.24) is 0 Å². The molecular weight excluding hydrogens is 228 g/mol. The molecule has 4 heteroatoms. The van der Waals surface area contributed by atoms with E-state index in [4.69, 9.17) is 21.4 Å². The average molecular weight is 241 g/mol. The summed E-state index contributed by atoms with van der Waals surface area (Å²) in [7, 11) is 0. The first kappa shape index (κ1) is 12.6. The van der Waals surface area contributed by atoms with Gasteiger partial charge in [-0.05, 0) is 37.1 Å². The summed E-state index contributed by atoms with van der Waals surface area (Å²) in [4.78, 5) is 10.5. The van der Waals surface area contributed by atoms with Gasteiger partial charge in [0.1, 0.15) is 12.4 Å². The molecular formula is C12H13ClO3. The van der Waals surface area contributed by atoms with E-state index in [0.29, 0.717) is 10.8 Å². The Balaban J connectivity index is 2.76. The van der Waals surface area contributed by atoms with Gasteiger partial charge in [0, 0.05) is 5.02 Å². The molecule has 0 spiro atoms. The number of halogens is 1. The monoisotopic (exact) mass is 240 g/mol. The molecule has 0 saturated carbocycles. The lowest BCUT2D eigenvalue weighted by Crippen LogP contribution is -2.09. The van der Waals surface area contributed by atoms with Crippen LogP contribution >= 0.6 is 11.6 Å². The molecule has 0 aromatic heterocycles. The molecule has 86 valence electrons. The Labute approximate surface area is 99.3 Å². The van der Waals surface area contributed by atoms with Crippen molar-refractivity contribution in [2.45, 2.75) is 13.8 Å². The molecule has 0 fully saturated rings. The van der Waals surface area contributed by atoms with E-state index < -0.39 is 5.97 Å². The van der Waals surface area contributed by atoms with E-state index in [9.17, 15) is 4.79 Å². The minimum atomic E-state index is -1.05. The normalized spacial score (nSPS) is 9.94. The van der Waals surface area contributed by atoms with Crippen molar-refractivity contribution in [2.24, 2.45) is 0 Å². The number of aryl methyl sites for hydroxylation is 2. The molecule has 0 atom stereocenters. The average Bonchev–Trinajstić information content (AvgIpc) is 2.22. The fourth-order valence-corrected chi connectivity index (χ4v) is 1.33. The Bertz CT molecular complexity index is 415. The van der Waals surface area contributed by atoms with Gasteiger partial charge in [0.25, 0.3) is 0 Å². The predicted octanol–water partition coefficient (Wildman–Crippen LogP) is 2.98. The van der Waals surface area contributed by atoms with Gasteiger partial charge in [-0.1, -0.05) is 18.2 Å². The van der Waals surface area contributed by atoms with Crippen LogP contribution in [0.25, 0.3) is 0 Å². The van der Waals surface area contributed by atoms with Crippen LogP contribution in [-0.4, -0.2) is 17.7 Å². The molecule has 0 aliphatic rings. The maximum absolute atomic E-state index is 10.5. The van der Waals surface area contributed by atoms with Crippen LogP contribution in [0, 0.1) is 13.8 Å². The van der Waals surface area contributed by atoms with Gasteiger partial charge in [0.15, 0.2) is 0 Å². The fraction of sp³-hybridized carbons (Fsp3) is 0.250. The SMILES string of the molecule is C=C(COc1cc(C)c(Cl)c(C)c1)C(=O)O. The number of hydrogen-bond acceptors (Lipinski definition) is 2. The molecule has 1 N–H and O–H groups in total. The zero-order chi connectivity index (χ0) is 12.3. The molecule has 3 nitrogen and oxygen atoms in total. The van der Waals surface area contributed by atoms with Gasteiger partial charge in [0.05, 0.1) is 5.57 Å². The maximum Gasteiger partial charge on any atom is 0.334 e. The number of aliphatic carboxylic acids is 1. The second-order valence-corrected chi connectivity index (χ2v) is 3.95. The molecule has 16 heavy (non-hydrogen) atoms. The summed E-state index contributed by atoms with van der Waals surface area (Å²) in [5.74, 6) is -0.454. The first-order chi connectivity index (χ1) is 7.41. The van der Waals surface area contributed by atoms with Gasteiger partial charge < -0.3 is 9.84 Å². The number of hydrogen-bond donors (Lipinski definition) is 1. The minimum Gasteiger partial charge on any atom is -0.489 e. The van der Waals surface area contributed by atoms with E-state index >= 15 is 0 Å². The van der Waals surface area contributed by atoms with Crippen LogP contribution in [0.4, 0.5) is 0 Å². The lowest BCUT2D eigenvalue weighted by molar-refractivity contribution is -0.133. The van der Waals surface area contributed by atoms with Crippen molar-refractivity contribution in [3.05, 3.63) is 40.4 Å². The summed E-state index contributed by atoms with van der Waals surface area (Å²) < 4.78 is 5.31. The van der Waals surface area contributed by atoms with Crippen LogP contribution in [0.15, 0.2) is 24.3 Å². The van der Waals surface area contributed by atoms with Crippen LogP contribution in [0.3, 0.4) is 0 Å². The number of carboxylic acids is 1. The predicted molar refractivity (Wildman–Crippen MR) is 63.2 cm³/mol. The summed E-state index contributed by atoms with van der Waals surface area (Å²) in [6, 6.07) is 3.54. The highest BCUT2D eigenvalue weighted by Gasteiger charge is 2.07. The number of carboxylic acid groups (broad SMARTS) is 1. The van der Waals surface area contributed by atoms with Crippen molar-refractivity contribution in [3.8, 4) is 5.75 Å². The van der Waals surface area contributed by atoms with Crippen molar-refractivity contribution in [3.63, 3.8) is 0 Å². The van der Waals surface area contributed by atoms with Gasteiger partial charge in [-0.15, -0.1) is 0 Å². The van der Waals surface area contributed by atoms with Crippen LogP contribution < -0.4 is 4.74 Å². The lowest BCUT2D eigenvalue weighted by atomic mass is 10.1. The van der Waals surface area contributed by atoms with Crippen LogP contribution in [-0.2, 0) is 4.79 Å². The van der Waals surface area contributed by atoms with Crippen LogP contribution in [0.5, 0.6) is 5.75 Å². The smallest absolute Gasteiger partial charge is 0.334 e. The van der Waals surface area contributed by atoms with Gasteiger partial charge in [0.2, 0.25) is 0 Å². The van der Waals surface area contributed by atoms with Gasteiger partial charge in [-0.2, -0.15) is 0 Å². The van der Waals surface area contributed by atoms with Crippen LogP contribution in [0.1, 0.15) is 11.1 Å². The van der Waals surface area contributed by atoms with E-state index in [1.807, 2.05) is 13.8 Å². The third-order valence-corrected chi connectivity index (χ3v) is 2.72. The Hall–Kier alpha value is -1.48. The lowest BCUT2D eigenvalue weighted by Gasteiger charge is -2.09. The van der Waals surface area contributed by atoms with Gasteiger partial charge >= 0.3 is 5.97 Å². The van der Waals surface area contributed by atoms with Crippen LogP contribution in [0.2, 0.25) is 5.02 Å². The third-order valence-electron chi connectivity index (χ3n) is 2.13. The first-order valence-corrected chi connectivity index (χ1v) is 5.10. The van der Waals surface area contributed by atoms with Gasteiger partial charge in [-0.3, -0.25) is 0 Å². The molecule has 0 saturated heterocycles. The highest BCUT2D eigenvalue weighted by molar-refractivity contribution is 6.32. The van der Waals surface area contributed by atoms with Crippen molar-refractivity contribution >= 4 is 17.6 Å². The molecule has 1 aromatic rings. The molecule has 0 aliphatic heterocycles. The summed E-state index contributed by atoms with van der Waals surface area (Å²) >= 11 is 6.00.